The van der Waals surface area contributed by atoms with E-state index in [0.29, 0.717) is 5.41 Å². The minimum Gasteiger partial charge on any atom is -0.393 e. The molecule has 0 amide bonds. The Morgan fingerprint density at radius 1 is 0.842 bits per heavy atom. The quantitative estimate of drug-likeness (QED) is 0.686. The molecule has 4 aliphatic carbocycles. The summed E-state index contributed by atoms with van der Waals surface area (Å²) < 4.78 is 0. The molecule has 1 N–H and O–H groups in total. The normalized spacial score (nSPS) is 57.2. The second kappa shape index (κ2) is 4.48. The van der Waals surface area contributed by atoms with Crippen molar-refractivity contribution in [2.45, 2.75) is 77.2 Å². The summed E-state index contributed by atoms with van der Waals surface area (Å²) in [7, 11) is 0. The Bertz CT molecular complexity index is 352. The van der Waals surface area contributed by atoms with Gasteiger partial charge in [0.25, 0.3) is 0 Å². The van der Waals surface area contributed by atoms with Crippen LogP contribution >= 0.6 is 0 Å². The first kappa shape index (κ1) is 12.7. The van der Waals surface area contributed by atoms with Gasteiger partial charge in [-0.1, -0.05) is 13.3 Å². The lowest BCUT2D eigenvalue weighted by Gasteiger charge is -2.55. The van der Waals surface area contributed by atoms with Crippen molar-refractivity contribution in [3.8, 4) is 0 Å². The second-order valence-electron chi connectivity index (χ2n) is 8.49. The molecule has 1 heteroatoms. The van der Waals surface area contributed by atoms with E-state index in [1.165, 1.54) is 51.4 Å². The van der Waals surface area contributed by atoms with E-state index in [1.54, 1.807) is 0 Å². The summed E-state index contributed by atoms with van der Waals surface area (Å²) >= 11 is 0. The summed E-state index contributed by atoms with van der Waals surface area (Å²) in [6, 6.07) is 0. The Labute approximate surface area is 118 Å². The van der Waals surface area contributed by atoms with E-state index in [0.717, 1.165) is 42.4 Å². The molecule has 4 rings (SSSR count). The average molecular weight is 262 g/mol. The smallest absolute Gasteiger partial charge is 0.0543 e. The maximum atomic E-state index is 9.94. The molecule has 0 aromatic heterocycles. The van der Waals surface area contributed by atoms with E-state index in [4.69, 9.17) is 0 Å². The third-order valence-electron chi connectivity index (χ3n) is 7.71. The van der Waals surface area contributed by atoms with Gasteiger partial charge in [-0.05, 0) is 92.8 Å². The van der Waals surface area contributed by atoms with E-state index >= 15 is 0 Å². The summed E-state index contributed by atoms with van der Waals surface area (Å²) in [5.41, 5.74) is 0.711. The van der Waals surface area contributed by atoms with Crippen LogP contribution in [0.5, 0.6) is 0 Å². The van der Waals surface area contributed by atoms with E-state index in [-0.39, 0.29) is 6.10 Å². The maximum Gasteiger partial charge on any atom is 0.0543 e. The summed E-state index contributed by atoms with van der Waals surface area (Å²) in [6.45, 7) is 2.59. The third-order valence-corrected chi connectivity index (χ3v) is 7.71. The Hall–Kier alpha value is -0.0400. The van der Waals surface area contributed by atoms with Gasteiger partial charge in [0, 0.05) is 0 Å². The van der Waals surface area contributed by atoms with Crippen molar-refractivity contribution < 1.29 is 5.11 Å². The Kier molecular flexibility index (Phi) is 2.99. The van der Waals surface area contributed by atoms with Crippen molar-refractivity contribution in [3.05, 3.63) is 0 Å². The van der Waals surface area contributed by atoms with Gasteiger partial charge in [0.2, 0.25) is 0 Å². The van der Waals surface area contributed by atoms with Gasteiger partial charge in [-0.15, -0.1) is 0 Å². The van der Waals surface area contributed by atoms with E-state index < -0.39 is 0 Å². The van der Waals surface area contributed by atoms with Gasteiger partial charge in [0.15, 0.2) is 0 Å². The SMILES string of the molecule is C[C@@]12CCCC1C1CCC3CC(O)CCC3C1CC2. The molecule has 19 heavy (non-hydrogen) atoms. The zero-order valence-electron chi connectivity index (χ0n) is 12.5. The number of fused-ring (bicyclic) bond motifs is 5. The molecule has 1 nitrogen and oxygen atoms in total. The van der Waals surface area contributed by atoms with Gasteiger partial charge < -0.3 is 5.11 Å². The molecule has 6 unspecified atom stereocenters. The Morgan fingerprint density at radius 3 is 2.58 bits per heavy atom. The molecule has 0 spiro atoms. The summed E-state index contributed by atoms with van der Waals surface area (Å²) in [5.74, 6) is 4.99. The van der Waals surface area contributed by atoms with E-state index in [2.05, 4.69) is 6.92 Å². The molecule has 0 bridgehead atoms. The molecular formula is C18H30O. The number of rotatable bonds is 0. The Balaban J connectivity index is 1.56. The lowest BCUT2D eigenvalue weighted by molar-refractivity contribution is -0.0675. The maximum absolute atomic E-state index is 9.94. The van der Waals surface area contributed by atoms with Gasteiger partial charge in [0.1, 0.15) is 0 Å². The molecule has 4 fully saturated rings. The van der Waals surface area contributed by atoms with Crippen molar-refractivity contribution in [2.75, 3.05) is 0 Å². The lowest BCUT2D eigenvalue weighted by Crippen LogP contribution is -2.47. The van der Waals surface area contributed by atoms with Crippen molar-refractivity contribution in [1.29, 1.82) is 0 Å². The van der Waals surface area contributed by atoms with Crippen LogP contribution in [0.2, 0.25) is 0 Å². The van der Waals surface area contributed by atoms with Gasteiger partial charge in [-0.2, -0.15) is 0 Å². The molecule has 0 aliphatic heterocycles. The van der Waals surface area contributed by atoms with Crippen LogP contribution in [-0.4, -0.2) is 11.2 Å². The van der Waals surface area contributed by atoms with Crippen LogP contribution in [0.3, 0.4) is 0 Å². The summed E-state index contributed by atoms with van der Waals surface area (Å²) in [4.78, 5) is 0. The summed E-state index contributed by atoms with van der Waals surface area (Å²) in [6.07, 6.45) is 14.0. The highest BCUT2D eigenvalue weighted by Crippen LogP contribution is 2.62. The lowest BCUT2D eigenvalue weighted by atomic mass is 9.50. The molecule has 108 valence electrons. The minimum atomic E-state index is 0.0261. The first-order valence-electron chi connectivity index (χ1n) is 8.85. The van der Waals surface area contributed by atoms with Gasteiger partial charge >= 0.3 is 0 Å². The monoisotopic (exact) mass is 262 g/mol. The van der Waals surface area contributed by atoms with Crippen molar-refractivity contribution >= 4 is 0 Å². The highest BCUT2D eigenvalue weighted by molar-refractivity contribution is 5.03. The third kappa shape index (κ3) is 1.91. The van der Waals surface area contributed by atoms with Crippen LogP contribution in [0.1, 0.15) is 71.1 Å². The average Bonchev–Trinajstić information content (AvgIpc) is 2.79. The first-order valence-corrected chi connectivity index (χ1v) is 8.85. The van der Waals surface area contributed by atoms with E-state index in [1.807, 2.05) is 0 Å². The van der Waals surface area contributed by atoms with E-state index in [9.17, 15) is 5.11 Å². The number of aliphatic hydroxyl groups excluding tert-OH is 1. The predicted molar refractivity (Wildman–Crippen MR) is 77.7 cm³/mol. The highest BCUT2D eigenvalue weighted by Gasteiger charge is 2.53. The van der Waals surface area contributed by atoms with Crippen molar-refractivity contribution in [2.24, 2.45) is 35.0 Å². The van der Waals surface area contributed by atoms with Crippen LogP contribution in [-0.2, 0) is 0 Å². The molecule has 0 radical (unpaired) electrons. The highest BCUT2D eigenvalue weighted by atomic mass is 16.3. The van der Waals surface area contributed by atoms with Gasteiger partial charge in [-0.3, -0.25) is 0 Å². The molecule has 7 atom stereocenters. The minimum absolute atomic E-state index is 0.0261. The van der Waals surface area contributed by atoms with Gasteiger partial charge in [0.05, 0.1) is 6.10 Å². The fourth-order valence-electron chi connectivity index (χ4n) is 6.82. The van der Waals surface area contributed by atoms with Crippen LogP contribution in [0.25, 0.3) is 0 Å². The largest absolute Gasteiger partial charge is 0.393 e. The molecular weight excluding hydrogens is 232 g/mol. The zero-order valence-corrected chi connectivity index (χ0v) is 12.5. The van der Waals surface area contributed by atoms with Crippen molar-refractivity contribution in [3.63, 3.8) is 0 Å². The Morgan fingerprint density at radius 2 is 1.68 bits per heavy atom. The molecule has 4 aliphatic rings. The number of aliphatic hydroxyl groups is 1. The second-order valence-corrected chi connectivity index (χ2v) is 8.49. The van der Waals surface area contributed by atoms with Crippen LogP contribution in [0.4, 0.5) is 0 Å². The fraction of sp³-hybridized carbons (Fsp3) is 1.00. The van der Waals surface area contributed by atoms with Crippen molar-refractivity contribution in [1.82, 2.24) is 0 Å². The first-order chi connectivity index (χ1) is 9.17. The molecule has 0 aromatic rings. The zero-order chi connectivity index (χ0) is 13.0. The van der Waals surface area contributed by atoms with Crippen LogP contribution in [0, 0.1) is 35.0 Å². The molecule has 0 saturated heterocycles. The summed E-state index contributed by atoms with van der Waals surface area (Å²) in [5, 5.41) is 9.94. The predicted octanol–water partition coefficient (Wildman–Crippen LogP) is 4.39. The molecule has 4 saturated carbocycles. The van der Waals surface area contributed by atoms with Crippen LogP contribution < -0.4 is 0 Å². The topological polar surface area (TPSA) is 20.2 Å². The fourth-order valence-corrected chi connectivity index (χ4v) is 6.82. The number of hydrogen-bond acceptors (Lipinski definition) is 1. The molecule has 0 aromatic carbocycles. The standard InChI is InChI=1S/C18H30O/c1-18-9-2-3-17(18)16-6-4-12-11-13(19)5-7-14(12)15(16)8-10-18/h12-17,19H,2-11H2,1H3/t12?,13?,14?,15?,16?,17?,18-/m0/s1. The number of hydrogen-bond donors (Lipinski definition) is 1. The molecule has 0 heterocycles. The van der Waals surface area contributed by atoms with Gasteiger partial charge in [-0.25, -0.2) is 0 Å². The van der Waals surface area contributed by atoms with Crippen LogP contribution in [0.15, 0.2) is 0 Å².